The summed E-state index contributed by atoms with van der Waals surface area (Å²) in [5.74, 6) is -0.356. The van der Waals surface area contributed by atoms with Crippen LogP contribution in [0.2, 0.25) is 0 Å². The SMILES string of the molecule is CCc1cc(C#N)c(NC(=O)Cc2c(C)nn(C(F)F)c2C)s1. The van der Waals surface area contributed by atoms with Gasteiger partial charge in [0.25, 0.3) is 0 Å². The lowest BCUT2D eigenvalue weighted by Gasteiger charge is -2.05. The van der Waals surface area contributed by atoms with Crippen LogP contribution in [-0.4, -0.2) is 15.7 Å². The molecule has 2 heterocycles. The summed E-state index contributed by atoms with van der Waals surface area (Å²) < 4.78 is 26.2. The smallest absolute Gasteiger partial charge is 0.316 e. The number of rotatable bonds is 5. The molecular formula is C15H16F2N4OS. The van der Waals surface area contributed by atoms with Crippen molar-refractivity contribution in [2.45, 2.75) is 40.2 Å². The Morgan fingerprint density at radius 1 is 1.52 bits per heavy atom. The number of thiophene rings is 1. The van der Waals surface area contributed by atoms with Crippen molar-refractivity contribution in [3.05, 3.63) is 33.5 Å². The van der Waals surface area contributed by atoms with Gasteiger partial charge in [0.05, 0.1) is 17.7 Å². The Labute approximate surface area is 136 Å². The summed E-state index contributed by atoms with van der Waals surface area (Å²) in [6, 6.07) is 3.78. The standard InChI is InChI=1S/C15H16F2N4OS/c1-4-11-5-10(7-18)14(23-11)19-13(22)6-12-8(2)20-21(9(12)3)15(16)17/h5,15H,4,6H2,1-3H3,(H,19,22). The van der Waals surface area contributed by atoms with Gasteiger partial charge in [-0.15, -0.1) is 11.3 Å². The normalized spacial score (nSPS) is 10.8. The van der Waals surface area contributed by atoms with E-state index < -0.39 is 6.55 Å². The molecule has 1 amide bonds. The summed E-state index contributed by atoms with van der Waals surface area (Å²) in [6.45, 7) is 2.33. The first-order valence-corrected chi connectivity index (χ1v) is 7.84. The molecule has 0 spiro atoms. The zero-order valence-corrected chi connectivity index (χ0v) is 13.8. The lowest BCUT2D eigenvalue weighted by atomic mass is 10.1. The van der Waals surface area contributed by atoms with Crippen molar-refractivity contribution in [2.75, 3.05) is 5.32 Å². The van der Waals surface area contributed by atoms with Gasteiger partial charge in [0.15, 0.2) is 0 Å². The molecule has 122 valence electrons. The van der Waals surface area contributed by atoms with E-state index in [0.717, 1.165) is 11.3 Å². The molecule has 0 bridgehead atoms. The van der Waals surface area contributed by atoms with Crippen molar-refractivity contribution >= 4 is 22.2 Å². The molecule has 23 heavy (non-hydrogen) atoms. The van der Waals surface area contributed by atoms with Gasteiger partial charge in [0.1, 0.15) is 11.1 Å². The van der Waals surface area contributed by atoms with E-state index in [1.165, 1.54) is 18.3 Å². The lowest BCUT2D eigenvalue weighted by molar-refractivity contribution is -0.115. The maximum Gasteiger partial charge on any atom is 0.333 e. The molecule has 1 N–H and O–H groups in total. The highest BCUT2D eigenvalue weighted by Gasteiger charge is 2.20. The molecule has 0 saturated carbocycles. The number of carbonyl (C=O) groups excluding carboxylic acids is 1. The van der Waals surface area contributed by atoms with E-state index >= 15 is 0 Å². The number of halogens is 2. The topological polar surface area (TPSA) is 70.7 Å². The molecule has 8 heteroatoms. The molecule has 0 atom stereocenters. The summed E-state index contributed by atoms with van der Waals surface area (Å²) in [5, 5.41) is 16.0. The van der Waals surface area contributed by atoms with Crippen LogP contribution in [-0.2, 0) is 17.6 Å². The van der Waals surface area contributed by atoms with Gasteiger partial charge in [-0.05, 0) is 26.3 Å². The van der Waals surface area contributed by atoms with Crippen molar-refractivity contribution in [1.82, 2.24) is 9.78 Å². The fourth-order valence-corrected chi connectivity index (χ4v) is 3.23. The van der Waals surface area contributed by atoms with Gasteiger partial charge in [0.2, 0.25) is 5.91 Å². The van der Waals surface area contributed by atoms with Gasteiger partial charge in [-0.2, -0.15) is 19.1 Å². The van der Waals surface area contributed by atoms with Crippen LogP contribution in [0, 0.1) is 25.2 Å². The monoisotopic (exact) mass is 338 g/mol. The molecule has 0 fully saturated rings. The number of aromatic nitrogens is 2. The van der Waals surface area contributed by atoms with E-state index in [-0.39, 0.29) is 18.0 Å². The largest absolute Gasteiger partial charge is 0.333 e. The number of aryl methyl sites for hydroxylation is 2. The van der Waals surface area contributed by atoms with Crippen LogP contribution < -0.4 is 5.32 Å². The van der Waals surface area contributed by atoms with E-state index in [2.05, 4.69) is 10.4 Å². The third kappa shape index (κ3) is 3.56. The fourth-order valence-electron chi connectivity index (χ4n) is 2.27. The number of hydrogen-bond acceptors (Lipinski definition) is 4. The second-order valence-electron chi connectivity index (χ2n) is 5.02. The Morgan fingerprint density at radius 2 is 2.22 bits per heavy atom. The summed E-state index contributed by atoms with van der Waals surface area (Å²) >= 11 is 1.35. The highest BCUT2D eigenvalue weighted by atomic mass is 32.1. The summed E-state index contributed by atoms with van der Waals surface area (Å²) in [6.07, 6.45) is 0.712. The second kappa shape index (κ2) is 6.87. The van der Waals surface area contributed by atoms with Crippen LogP contribution in [0.5, 0.6) is 0 Å². The molecular weight excluding hydrogens is 322 g/mol. The maximum absolute atomic E-state index is 12.8. The summed E-state index contributed by atoms with van der Waals surface area (Å²) in [4.78, 5) is 13.2. The first-order chi connectivity index (χ1) is 10.9. The third-order valence-electron chi connectivity index (χ3n) is 3.50. The molecule has 0 unspecified atom stereocenters. The van der Waals surface area contributed by atoms with Gasteiger partial charge in [-0.1, -0.05) is 6.92 Å². The molecule has 0 aliphatic rings. The Morgan fingerprint density at radius 3 is 2.74 bits per heavy atom. The average molecular weight is 338 g/mol. The minimum atomic E-state index is -2.74. The van der Waals surface area contributed by atoms with E-state index in [1.807, 2.05) is 13.0 Å². The lowest BCUT2D eigenvalue weighted by Crippen LogP contribution is -2.15. The van der Waals surface area contributed by atoms with E-state index in [9.17, 15) is 13.6 Å². The molecule has 2 rings (SSSR count). The Bertz CT molecular complexity index is 773. The first kappa shape index (κ1) is 17.1. The third-order valence-corrected chi connectivity index (χ3v) is 4.70. The minimum Gasteiger partial charge on any atom is -0.316 e. The number of anilines is 1. The fraction of sp³-hybridized carbons (Fsp3) is 0.400. The zero-order valence-electron chi connectivity index (χ0n) is 13.0. The predicted molar refractivity (Wildman–Crippen MR) is 83.7 cm³/mol. The van der Waals surface area contributed by atoms with Crippen LogP contribution in [0.1, 0.15) is 40.9 Å². The first-order valence-electron chi connectivity index (χ1n) is 7.02. The zero-order chi connectivity index (χ0) is 17.1. The van der Waals surface area contributed by atoms with E-state index in [0.29, 0.717) is 26.5 Å². The number of nitriles is 1. The molecule has 0 radical (unpaired) electrons. The number of amides is 1. The van der Waals surface area contributed by atoms with Crippen LogP contribution in [0.15, 0.2) is 6.07 Å². The molecule has 0 saturated heterocycles. The summed E-state index contributed by atoms with van der Waals surface area (Å²) in [5.41, 5.74) is 1.57. The van der Waals surface area contributed by atoms with Crippen molar-refractivity contribution in [3.63, 3.8) is 0 Å². The van der Waals surface area contributed by atoms with Crippen LogP contribution in [0.25, 0.3) is 0 Å². The Kier molecular flexibility index (Phi) is 5.11. The van der Waals surface area contributed by atoms with Crippen molar-refractivity contribution in [1.29, 1.82) is 5.26 Å². The maximum atomic E-state index is 12.8. The molecule has 2 aromatic heterocycles. The highest BCUT2D eigenvalue weighted by molar-refractivity contribution is 7.16. The molecule has 0 aliphatic heterocycles. The summed E-state index contributed by atoms with van der Waals surface area (Å²) in [7, 11) is 0. The molecule has 0 aromatic carbocycles. The van der Waals surface area contributed by atoms with Gasteiger partial charge < -0.3 is 5.32 Å². The Hall–Kier alpha value is -2.27. The van der Waals surface area contributed by atoms with Crippen LogP contribution >= 0.6 is 11.3 Å². The number of hydrogen-bond donors (Lipinski definition) is 1. The number of nitrogens with zero attached hydrogens (tertiary/aromatic N) is 3. The molecule has 5 nitrogen and oxygen atoms in total. The minimum absolute atomic E-state index is 0.0609. The van der Waals surface area contributed by atoms with Crippen molar-refractivity contribution < 1.29 is 13.6 Å². The quantitative estimate of drug-likeness (QED) is 0.906. The number of carbonyl (C=O) groups is 1. The van der Waals surface area contributed by atoms with Gasteiger partial charge in [0, 0.05) is 16.1 Å². The number of nitrogens with one attached hydrogen (secondary N) is 1. The Balaban J connectivity index is 2.18. The molecule has 2 aromatic rings. The van der Waals surface area contributed by atoms with Gasteiger partial charge in [-0.25, -0.2) is 4.68 Å². The number of alkyl halides is 2. The van der Waals surface area contributed by atoms with Crippen LogP contribution in [0.4, 0.5) is 13.8 Å². The molecule has 0 aliphatic carbocycles. The van der Waals surface area contributed by atoms with Crippen molar-refractivity contribution in [3.8, 4) is 6.07 Å². The second-order valence-corrected chi connectivity index (χ2v) is 6.15. The average Bonchev–Trinajstić information content (AvgIpc) is 3.02. The van der Waals surface area contributed by atoms with Crippen LogP contribution in [0.3, 0.4) is 0 Å². The van der Waals surface area contributed by atoms with E-state index in [1.54, 1.807) is 13.0 Å². The van der Waals surface area contributed by atoms with E-state index in [4.69, 9.17) is 5.26 Å². The van der Waals surface area contributed by atoms with Gasteiger partial charge in [-0.3, -0.25) is 4.79 Å². The highest BCUT2D eigenvalue weighted by Crippen LogP contribution is 2.28. The van der Waals surface area contributed by atoms with Crippen molar-refractivity contribution in [2.24, 2.45) is 0 Å². The predicted octanol–water partition coefficient (Wildman–Crippen LogP) is 3.57. The van der Waals surface area contributed by atoms with Gasteiger partial charge >= 0.3 is 6.55 Å².